The molecule has 1 unspecified atom stereocenters. The lowest BCUT2D eigenvalue weighted by Gasteiger charge is -2.09. The van der Waals surface area contributed by atoms with Gasteiger partial charge in [-0.25, -0.2) is 4.68 Å². The zero-order chi connectivity index (χ0) is 12.8. The van der Waals surface area contributed by atoms with Gasteiger partial charge >= 0.3 is 11.9 Å². The standard InChI is InChI=1S/C8H12N4O4S/c1-2-3-5(7(15)16)17-8-9-10-11-12(8)4-6(13)14/h5H,2-4H2,1H3,(H,13,14)(H,15,16). The highest BCUT2D eigenvalue weighted by molar-refractivity contribution is 8.00. The second-order valence-electron chi connectivity index (χ2n) is 3.25. The number of hydrogen-bond donors (Lipinski definition) is 2. The zero-order valence-corrected chi connectivity index (χ0v) is 9.92. The Labute approximate surface area is 101 Å². The highest BCUT2D eigenvalue weighted by atomic mass is 32.2. The van der Waals surface area contributed by atoms with Gasteiger partial charge in [0.15, 0.2) is 0 Å². The summed E-state index contributed by atoms with van der Waals surface area (Å²) in [6.07, 6.45) is 1.18. The molecule has 0 saturated heterocycles. The van der Waals surface area contributed by atoms with E-state index >= 15 is 0 Å². The minimum absolute atomic E-state index is 0.202. The second-order valence-corrected chi connectivity index (χ2v) is 4.42. The molecule has 8 nitrogen and oxygen atoms in total. The summed E-state index contributed by atoms with van der Waals surface area (Å²) in [6.45, 7) is 1.49. The molecule has 94 valence electrons. The van der Waals surface area contributed by atoms with Crippen molar-refractivity contribution in [3.05, 3.63) is 0 Å². The van der Waals surface area contributed by atoms with E-state index in [0.717, 1.165) is 16.4 Å². The van der Waals surface area contributed by atoms with Crippen molar-refractivity contribution < 1.29 is 19.8 Å². The van der Waals surface area contributed by atoms with Crippen LogP contribution in [0.25, 0.3) is 0 Å². The molecule has 0 aliphatic heterocycles. The molecule has 17 heavy (non-hydrogen) atoms. The molecule has 0 aliphatic rings. The fourth-order valence-corrected chi connectivity index (χ4v) is 2.15. The average Bonchev–Trinajstić information content (AvgIpc) is 2.64. The van der Waals surface area contributed by atoms with Gasteiger partial charge in [-0.05, 0) is 16.8 Å². The van der Waals surface area contributed by atoms with Gasteiger partial charge < -0.3 is 10.2 Å². The highest BCUT2D eigenvalue weighted by Gasteiger charge is 2.22. The number of aliphatic carboxylic acids is 2. The zero-order valence-electron chi connectivity index (χ0n) is 9.11. The lowest BCUT2D eigenvalue weighted by Crippen LogP contribution is -2.18. The van der Waals surface area contributed by atoms with E-state index in [9.17, 15) is 9.59 Å². The largest absolute Gasteiger partial charge is 0.480 e. The van der Waals surface area contributed by atoms with E-state index in [1.807, 2.05) is 6.92 Å². The molecular weight excluding hydrogens is 248 g/mol. The monoisotopic (exact) mass is 260 g/mol. The molecule has 2 N–H and O–H groups in total. The van der Waals surface area contributed by atoms with Gasteiger partial charge in [0, 0.05) is 0 Å². The number of carbonyl (C=O) groups is 2. The average molecular weight is 260 g/mol. The van der Waals surface area contributed by atoms with Crippen LogP contribution in [-0.2, 0) is 16.1 Å². The number of thioether (sulfide) groups is 1. The first-order chi connectivity index (χ1) is 8.04. The Morgan fingerprint density at radius 3 is 2.71 bits per heavy atom. The van der Waals surface area contributed by atoms with Gasteiger partial charge in [-0.1, -0.05) is 25.1 Å². The smallest absolute Gasteiger partial charge is 0.325 e. The van der Waals surface area contributed by atoms with Crippen LogP contribution in [0.5, 0.6) is 0 Å². The number of carboxylic acids is 2. The lowest BCUT2D eigenvalue weighted by atomic mass is 10.2. The van der Waals surface area contributed by atoms with Crippen molar-refractivity contribution in [2.75, 3.05) is 0 Å². The maximum atomic E-state index is 10.9. The summed E-state index contributed by atoms with van der Waals surface area (Å²) in [4.78, 5) is 21.5. The fourth-order valence-electron chi connectivity index (χ4n) is 1.13. The Hall–Kier alpha value is -1.64. The number of aromatic nitrogens is 4. The number of carboxylic acid groups (broad SMARTS) is 2. The van der Waals surface area contributed by atoms with E-state index in [1.165, 1.54) is 0 Å². The van der Waals surface area contributed by atoms with Gasteiger partial charge in [-0.2, -0.15) is 0 Å². The van der Waals surface area contributed by atoms with Crippen LogP contribution in [0.4, 0.5) is 0 Å². The molecule has 0 bridgehead atoms. The molecule has 1 rings (SSSR count). The third kappa shape index (κ3) is 4.02. The van der Waals surface area contributed by atoms with Crippen molar-refractivity contribution in [1.82, 2.24) is 20.2 Å². The molecule has 0 radical (unpaired) electrons. The Balaban J connectivity index is 2.75. The molecule has 0 spiro atoms. The number of nitrogens with zero attached hydrogens (tertiary/aromatic N) is 4. The first-order valence-corrected chi connectivity index (χ1v) is 5.80. The number of tetrazole rings is 1. The van der Waals surface area contributed by atoms with Crippen molar-refractivity contribution in [3.8, 4) is 0 Å². The minimum atomic E-state index is -1.08. The van der Waals surface area contributed by atoms with E-state index < -0.39 is 17.2 Å². The molecule has 1 atom stereocenters. The number of rotatable bonds is 7. The summed E-state index contributed by atoms with van der Waals surface area (Å²) < 4.78 is 1.07. The summed E-state index contributed by atoms with van der Waals surface area (Å²) in [5.41, 5.74) is 0. The van der Waals surface area contributed by atoms with Crippen LogP contribution in [0.15, 0.2) is 5.16 Å². The minimum Gasteiger partial charge on any atom is -0.480 e. The maximum absolute atomic E-state index is 10.9. The Morgan fingerprint density at radius 1 is 1.47 bits per heavy atom. The molecular formula is C8H12N4O4S. The molecule has 0 fully saturated rings. The van der Waals surface area contributed by atoms with E-state index in [0.29, 0.717) is 12.8 Å². The second kappa shape index (κ2) is 6.18. The van der Waals surface area contributed by atoms with Gasteiger partial charge in [0.2, 0.25) is 5.16 Å². The Morgan fingerprint density at radius 2 is 2.18 bits per heavy atom. The summed E-state index contributed by atoms with van der Waals surface area (Å²) in [5.74, 6) is -2.04. The predicted molar refractivity (Wildman–Crippen MR) is 57.6 cm³/mol. The summed E-state index contributed by atoms with van der Waals surface area (Å²) in [5, 5.41) is 27.5. The van der Waals surface area contributed by atoms with Crippen molar-refractivity contribution in [2.45, 2.75) is 36.7 Å². The third-order valence-electron chi connectivity index (χ3n) is 1.86. The SMILES string of the molecule is CCCC(Sc1nnnn1CC(=O)O)C(=O)O. The van der Waals surface area contributed by atoms with Crippen molar-refractivity contribution in [2.24, 2.45) is 0 Å². The molecule has 0 aromatic carbocycles. The molecule has 9 heteroatoms. The van der Waals surface area contributed by atoms with Gasteiger partial charge in [0.05, 0.1) is 0 Å². The summed E-state index contributed by atoms with van der Waals surface area (Å²) in [7, 11) is 0. The van der Waals surface area contributed by atoms with Crippen LogP contribution >= 0.6 is 11.8 Å². The predicted octanol–water partition coefficient (Wildman–Crippen LogP) is 0.103. The van der Waals surface area contributed by atoms with Crippen LogP contribution < -0.4 is 0 Å². The number of hydrogen-bond acceptors (Lipinski definition) is 6. The molecule has 1 aromatic heterocycles. The molecule has 1 aromatic rings. The fraction of sp³-hybridized carbons (Fsp3) is 0.625. The van der Waals surface area contributed by atoms with Crippen molar-refractivity contribution >= 4 is 23.7 Å². The molecule has 1 heterocycles. The third-order valence-corrected chi connectivity index (χ3v) is 3.08. The quantitative estimate of drug-likeness (QED) is 0.663. The molecule has 0 saturated carbocycles. The van der Waals surface area contributed by atoms with Gasteiger partial charge in [-0.15, -0.1) is 5.10 Å². The van der Waals surface area contributed by atoms with E-state index in [-0.39, 0.29) is 11.7 Å². The van der Waals surface area contributed by atoms with Crippen LogP contribution in [0.1, 0.15) is 19.8 Å². The Bertz CT molecular complexity index is 408. The van der Waals surface area contributed by atoms with Crippen LogP contribution in [-0.4, -0.2) is 47.6 Å². The first-order valence-electron chi connectivity index (χ1n) is 4.92. The first kappa shape index (κ1) is 13.4. The van der Waals surface area contributed by atoms with E-state index in [2.05, 4.69) is 15.5 Å². The van der Waals surface area contributed by atoms with Crippen LogP contribution in [0.3, 0.4) is 0 Å². The topological polar surface area (TPSA) is 118 Å². The highest BCUT2D eigenvalue weighted by Crippen LogP contribution is 2.23. The normalized spacial score (nSPS) is 12.3. The van der Waals surface area contributed by atoms with Crippen molar-refractivity contribution in [1.29, 1.82) is 0 Å². The summed E-state index contributed by atoms with van der Waals surface area (Å²) in [6, 6.07) is 0. The Kier molecular flexibility index (Phi) is 4.88. The van der Waals surface area contributed by atoms with E-state index in [1.54, 1.807) is 0 Å². The van der Waals surface area contributed by atoms with Crippen LogP contribution in [0.2, 0.25) is 0 Å². The molecule has 0 amide bonds. The summed E-state index contributed by atoms with van der Waals surface area (Å²) >= 11 is 0.961. The maximum Gasteiger partial charge on any atom is 0.325 e. The van der Waals surface area contributed by atoms with Gasteiger partial charge in [0.1, 0.15) is 11.8 Å². The van der Waals surface area contributed by atoms with Crippen LogP contribution in [0, 0.1) is 0 Å². The molecule has 0 aliphatic carbocycles. The van der Waals surface area contributed by atoms with Crippen molar-refractivity contribution in [3.63, 3.8) is 0 Å². The lowest BCUT2D eigenvalue weighted by molar-refractivity contribution is -0.138. The van der Waals surface area contributed by atoms with Gasteiger partial charge in [-0.3, -0.25) is 9.59 Å². The van der Waals surface area contributed by atoms with Gasteiger partial charge in [0.25, 0.3) is 0 Å². The van der Waals surface area contributed by atoms with E-state index in [4.69, 9.17) is 10.2 Å².